The molecule has 1 saturated heterocycles. The van der Waals surface area contributed by atoms with E-state index in [4.69, 9.17) is 14.2 Å². The maximum absolute atomic E-state index is 12.2. The molecular formula is C15H23N2O8P. The summed E-state index contributed by atoms with van der Waals surface area (Å²) in [5.74, 6) is -0.409. The predicted molar refractivity (Wildman–Crippen MR) is 90.0 cm³/mol. The Morgan fingerprint density at radius 3 is 2.69 bits per heavy atom. The molecule has 1 aromatic rings. The molecule has 1 aliphatic carbocycles. The van der Waals surface area contributed by atoms with E-state index in [-0.39, 0.29) is 12.3 Å². The molecule has 1 unspecified atom stereocenters. The Bertz CT molecular complexity index is 829. The maximum Gasteiger partial charge on any atom is 0.330 e. The van der Waals surface area contributed by atoms with Crippen LogP contribution in [0.15, 0.2) is 21.9 Å². The van der Waals surface area contributed by atoms with E-state index >= 15 is 0 Å². The number of rotatable bonds is 6. The van der Waals surface area contributed by atoms with Crippen LogP contribution in [0.3, 0.4) is 0 Å². The molecule has 3 rings (SSSR count). The lowest BCUT2D eigenvalue weighted by Crippen LogP contribution is -2.41. The number of H-pyrrole nitrogens is 1. The van der Waals surface area contributed by atoms with Gasteiger partial charge in [0, 0.05) is 25.3 Å². The van der Waals surface area contributed by atoms with Gasteiger partial charge in [0.2, 0.25) is 0 Å². The maximum atomic E-state index is 12.2. The molecular weight excluding hydrogens is 367 g/mol. The minimum atomic E-state index is -4.23. The van der Waals surface area contributed by atoms with Crippen molar-refractivity contribution in [3.63, 3.8) is 0 Å². The van der Waals surface area contributed by atoms with Gasteiger partial charge in [-0.25, -0.2) is 4.79 Å². The number of aromatic amines is 1. The number of nitrogens with zero attached hydrogens (tertiary/aromatic N) is 1. The molecule has 5 atom stereocenters. The van der Waals surface area contributed by atoms with Crippen LogP contribution in [0.2, 0.25) is 0 Å². The predicted octanol–water partition coefficient (Wildman–Crippen LogP) is -0.190. The molecule has 2 heterocycles. The summed E-state index contributed by atoms with van der Waals surface area (Å²) in [6.45, 7) is 3.67. The number of methoxy groups -OCH3 is 1. The zero-order valence-electron chi connectivity index (χ0n) is 14.7. The van der Waals surface area contributed by atoms with Crippen LogP contribution in [0.25, 0.3) is 0 Å². The summed E-state index contributed by atoms with van der Waals surface area (Å²) in [6.07, 6.45) is -0.964. The van der Waals surface area contributed by atoms with Gasteiger partial charge in [0.25, 0.3) is 5.56 Å². The van der Waals surface area contributed by atoms with E-state index in [0.29, 0.717) is 6.42 Å². The third kappa shape index (κ3) is 3.58. The molecule has 10 nitrogen and oxygen atoms in total. The third-order valence-corrected chi connectivity index (χ3v) is 5.69. The minimum Gasteiger partial charge on any atom is -0.374 e. The fraction of sp³-hybridized carbons (Fsp3) is 0.733. The van der Waals surface area contributed by atoms with Crippen LogP contribution in [0.1, 0.15) is 26.5 Å². The summed E-state index contributed by atoms with van der Waals surface area (Å²) in [6, 6.07) is 1.20. The van der Waals surface area contributed by atoms with Gasteiger partial charge in [0.15, 0.2) is 6.23 Å². The average molecular weight is 390 g/mol. The molecule has 26 heavy (non-hydrogen) atoms. The van der Waals surface area contributed by atoms with Crippen LogP contribution >= 0.6 is 7.60 Å². The molecule has 0 bridgehead atoms. The number of nitrogens with one attached hydrogen (secondary N) is 1. The highest BCUT2D eigenvalue weighted by Gasteiger charge is 2.71. The van der Waals surface area contributed by atoms with Crippen molar-refractivity contribution in [2.45, 2.75) is 50.4 Å². The summed E-state index contributed by atoms with van der Waals surface area (Å²) in [5, 5.41) is 0. The van der Waals surface area contributed by atoms with Crippen LogP contribution in [-0.2, 0) is 18.8 Å². The quantitative estimate of drug-likeness (QED) is 0.568. The Morgan fingerprint density at radius 1 is 1.46 bits per heavy atom. The van der Waals surface area contributed by atoms with Crippen molar-refractivity contribution in [3.8, 4) is 0 Å². The van der Waals surface area contributed by atoms with E-state index in [9.17, 15) is 23.9 Å². The Kier molecular flexibility index (Phi) is 5.02. The molecule has 1 saturated carbocycles. The molecule has 0 amide bonds. The molecule has 1 aromatic heterocycles. The summed E-state index contributed by atoms with van der Waals surface area (Å²) in [5.41, 5.74) is -2.13. The molecule has 11 heteroatoms. The minimum absolute atomic E-state index is 0.180. The molecule has 0 radical (unpaired) electrons. The van der Waals surface area contributed by atoms with Gasteiger partial charge in [-0.05, 0) is 20.3 Å². The summed E-state index contributed by atoms with van der Waals surface area (Å²) < 4.78 is 30.2. The van der Waals surface area contributed by atoms with Crippen molar-refractivity contribution < 1.29 is 28.6 Å². The topological polar surface area (TPSA) is 140 Å². The van der Waals surface area contributed by atoms with Gasteiger partial charge in [-0.2, -0.15) is 0 Å². The lowest BCUT2D eigenvalue weighted by molar-refractivity contribution is -0.0869. The number of hydrogen-bond donors (Lipinski definition) is 3. The first-order valence-corrected chi connectivity index (χ1v) is 10.1. The molecule has 0 aromatic carbocycles. The monoisotopic (exact) mass is 390 g/mol. The van der Waals surface area contributed by atoms with Gasteiger partial charge in [-0.15, -0.1) is 0 Å². The van der Waals surface area contributed by atoms with Crippen molar-refractivity contribution in [1.82, 2.24) is 9.55 Å². The van der Waals surface area contributed by atoms with Crippen molar-refractivity contribution >= 4 is 7.60 Å². The lowest BCUT2D eigenvalue weighted by atomic mass is 10.1. The first-order chi connectivity index (χ1) is 12.1. The largest absolute Gasteiger partial charge is 0.374 e. The summed E-state index contributed by atoms with van der Waals surface area (Å²) in [4.78, 5) is 44.3. The molecule has 146 valence electrons. The Morgan fingerprint density at radius 2 is 2.15 bits per heavy atom. The van der Waals surface area contributed by atoms with Crippen LogP contribution in [0.5, 0.6) is 0 Å². The fourth-order valence-electron chi connectivity index (χ4n) is 3.68. The Hall–Kier alpha value is -1.29. The number of aromatic nitrogens is 2. The fourth-order valence-corrected chi connectivity index (χ4v) is 4.69. The second-order valence-corrected chi connectivity index (χ2v) is 8.73. The smallest absolute Gasteiger partial charge is 0.330 e. The van der Waals surface area contributed by atoms with Crippen LogP contribution in [0.4, 0.5) is 0 Å². The normalized spacial score (nSPS) is 33.9. The van der Waals surface area contributed by atoms with E-state index in [2.05, 4.69) is 4.98 Å². The summed E-state index contributed by atoms with van der Waals surface area (Å²) >= 11 is 0. The van der Waals surface area contributed by atoms with Gasteiger partial charge in [0.1, 0.15) is 17.8 Å². The van der Waals surface area contributed by atoms with E-state index in [1.165, 1.54) is 23.9 Å². The van der Waals surface area contributed by atoms with Gasteiger partial charge < -0.3 is 24.0 Å². The Balaban J connectivity index is 1.97. The standard InChI is InChI=1S/C15H23N2O8P/c1-8(2)24-12-11(23-3)13(17-5-4-10(18)16-14(17)19)25-15(12)6-9(15)7-26(20,21)22/h4-5,8-9,11-13H,6-7H2,1-3H3,(H,16,18,19)(H2,20,21,22)/t9?,11-,12+,13-,15-/m1/s1. The Labute approximate surface area is 149 Å². The molecule has 2 aliphatic rings. The van der Waals surface area contributed by atoms with Gasteiger partial charge >= 0.3 is 13.3 Å². The van der Waals surface area contributed by atoms with Crippen molar-refractivity contribution in [2.24, 2.45) is 5.92 Å². The first-order valence-electron chi connectivity index (χ1n) is 8.29. The van der Waals surface area contributed by atoms with Gasteiger partial charge in [0.05, 0.1) is 12.3 Å². The lowest BCUT2D eigenvalue weighted by Gasteiger charge is -2.26. The molecule has 2 fully saturated rings. The summed E-state index contributed by atoms with van der Waals surface area (Å²) in [7, 11) is -2.77. The third-order valence-electron chi connectivity index (χ3n) is 4.77. The van der Waals surface area contributed by atoms with Crippen LogP contribution < -0.4 is 11.2 Å². The average Bonchev–Trinajstić information content (AvgIpc) is 3.06. The van der Waals surface area contributed by atoms with E-state index in [0.717, 1.165) is 0 Å². The molecule has 1 spiro atoms. The highest BCUT2D eigenvalue weighted by Crippen LogP contribution is 2.62. The SMILES string of the molecule is CO[C@H]1[C@H](n2ccc(=O)[nH]c2=O)O[C@@]2(CC2CP(=O)(O)O)[C@H]1OC(C)C. The second-order valence-electron chi connectivity index (χ2n) is 7.03. The number of ether oxygens (including phenoxy) is 3. The number of hydrogen-bond acceptors (Lipinski definition) is 6. The van der Waals surface area contributed by atoms with Gasteiger partial charge in [-0.1, -0.05) is 0 Å². The first kappa shape index (κ1) is 19.5. The zero-order chi connectivity index (χ0) is 19.3. The highest BCUT2D eigenvalue weighted by atomic mass is 31.2. The molecule has 3 N–H and O–H groups in total. The van der Waals surface area contributed by atoms with Crippen molar-refractivity contribution in [3.05, 3.63) is 33.1 Å². The van der Waals surface area contributed by atoms with Gasteiger partial charge in [-0.3, -0.25) is 18.9 Å². The van der Waals surface area contributed by atoms with Crippen LogP contribution in [0, 0.1) is 5.92 Å². The highest BCUT2D eigenvalue weighted by molar-refractivity contribution is 7.51. The van der Waals surface area contributed by atoms with E-state index < -0.39 is 48.8 Å². The van der Waals surface area contributed by atoms with Crippen LogP contribution in [-0.4, -0.2) is 56.5 Å². The zero-order valence-corrected chi connectivity index (χ0v) is 15.6. The second kappa shape index (κ2) is 6.70. The van der Waals surface area contributed by atoms with Crippen molar-refractivity contribution in [2.75, 3.05) is 13.3 Å². The van der Waals surface area contributed by atoms with Crippen molar-refractivity contribution in [1.29, 1.82) is 0 Å². The van der Waals surface area contributed by atoms with E-state index in [1.54, 1.807) is 0 Å². The van der Waals surface area contributed by atoms with E-state index in [1.807, 2.05) is 13.8 Å². The molecule has 1 aliphatic heterocycles.